The van der Waals surface area contributed by atoms with E-state index in [-0.39, 0.29) is 16.1 Å². The number of rotatable bonds is 3. The lowest BCUT2D eigenvalue weighted by Crippen LogP contribution is -2.22. The summed E-state index contributed by atoms with van der Waals surface area (Å²) in [5.41, 5.74) is 1.46. The minimum Gasteiger partial charge on any atom is -0.478 e. The molecule has 0 fully saturated rings. The zero-order valence-corrected chi connectivity index (χ0v) is 18.0. The van der Waals surface area contributed by atoms with E-state index < -0.39 is 5.97 Å². The van der Waals surface area contributed by atoms with Crippen molar-refractivity contribution in [1.29, 1.82) is 0 Å². The van der Waals surface area contributed by atoms with Gasteiger partial charge in [-0.2, -0.15) is 0 Å². The zero-order valence-electron chi connectivity index (χ0n) is 14.8. The van der Waals surface area contributed by atoms with Gasteiger partial charge < -0.3 is 9.52 Å². The van der Waals surface area contributed by atoms with Gasteiger partial charge in [0.2, 0.25) is 0 Å². The minimum atomic E-state index is -1.12. The molecule has 0 saturated heterocycles. The van der Waals surface area contributed by atoms with Crippen LogP contribution in [0, 0.1) is 0 Å². The van der Waals surface area contributed by atoms with Gasteiger partial charge in [0.15, 0.2) is 10.6 Å². The number of hydrogen-bond acceptors (Lipinski definition) is 6. The number of carboxylic acids is 1. The van der Waals surface area contributed by atoms with Crippen LogP contribution in [-0.2, 0) is 0 Å². The van der Waals surface area contributed by atoms with Gasteiger partial charge in [0.1, 0.15) is 21.6 Å². The van der Waals surface area contributed by atoms with Crippen molar-refractivity contribution in [2.45, 2.75) is 0 Å². The summed E-state index contributed by atoms with van der Waals surface area (Å²) >= 11 is 10.5. The normalized spacial score (nSPS) is 12.3. The highest BCUT2D eigenvalue weighted by Gasteiger charge is 2.14. The molecule has 1 aromatic carbocycles. The molecule has 4 heterocycles. The van der Waals surface area contributed by atoms with Crippen LogP contribution in [0.25, 0.3) is 33.5 Å². The van der Waals surface area contributed by atoms with Crippen LogP contribution in [0.5, 0.6) is 0 Å². The molecular formula is C20H9BrClN3O4S. The van der Waals surface area contributed by atoms with Crippen LogP contribution >= 0.6 is 38.9 Å². The molecule has 10 heteroatoms. The molecule has 30 heavy (non-hydrogen) atoms. The summed E-state index contributed by atoms with van der Waals surface area (Å²) in [5, 5.41) is 9.38. The maximum atomic E-state index is 12.9. The predicted octanol–water partition coefficient (Wildman–Crippen LogP) is 4.23. The van der Waals surface area contributed by atoms with Gasteiger partial charge in [-0.15, -0.1) is 0 Å². The Morgan fingerprint density at radius 1 is 1.27 bits per heavy atom. The Hall–Kier alpha value is -3.01. The van der Waals surface area contributed by atoms with Crippen molar-refractivity contribution < 1.29 is 14.3 Å². The van der Waals surface area contributed by atoms with Gasteiger partial charge in [-0.25, -0.2) is 19.2 Å². The van der Waals surface area contributed by atoms with Gasteiger partial charge in [0, 0.05) is 22.3 Å². The standard InChI is InChI=1S/C20H9BrClN3O4S/c21-10-6-14-17(23-8-10)25-18(26)16(30-20(25)24-14)7-11-2-4-15(29-11)9-1-3-13(22)12(5-9)19(27)28/h1-8H,(H,27,28)/b16-7-. The summed E-state index contributed by atoms with van der Waals surface area (Å²) in [6.45, 7) is 0. The van der Waals surface area contributed by atoms with Crippen molar-refractivity contribution in [1.82, 2.24) is 14.4 Å². The van der Waals surface area contributed by atoms with E-state index in [2.05, 4.69) is 25.9 Å². The lowest BCUT2D eigenvalue weighted by atomic mass is 10.1. The Bertz CT molecular complexity index is 1590. The first-order valence-corrected chi connectivity index (χ1v) is 10.5. The van der Waals surface area contributed by atoms with Gasteiger partial charge in [-0.3, -0.25) is 4.79 Å². The SMILES string of the molecule is O=C(O)c1cc(-c2ccc(/C=c3\sc4nc5cc(Br)cnc5n4c3=O)o2)ccc1Cl. The largest absolute Gasteiger partial charge is 0.478 e. The molecule has 0 aliphatic heterocycles. The lowest BCUT2D eigenvalue weighted by Gasteiger charge is -2.01. The van der Waals surface area contributed by atoms with E-state index >= 15 is 0 Å². The van der Waals surface area contributed by atoms with Gasteiger partial charge >= 0.3 is 5.97 Å². The Labute approximate surface area is 185 Å². The molecule has 148 valence electrons. The second kappa shape index (κ2) is 7.05. The summed E-state index contributed by atoms with van der Waals surface area (Å²) in [7, 11) is 0. The molecule has 4 aromatic heterocycles. The first-order chi connectivity index (χ1) is 14.4. The number of furan rings is 1. The molecule has 0 spiro atoms. The topological polar surface area (TPSA) is 97.7 Å². The number of benzene rings is 1. The molecule has 0 atom stereocenters. The van der Waals surface area contributed by atoms with Crippen molar-refractivity contribution in [3.63, 3.8) is 0 Å². The van der Waals surface area contributed by atoms with Gasteiger partial charge in [-0.1, -0.05) is 22.9 Å². The van der Waals surface area contributed by atoms with Crippen molar-refractivity contribution in [3.8, 4) is 11.3 Å². The summed E-state index contributed by atoms with van der Waals surface area (Å²) in [6.07, 6.45) is 3.25. The van der Waals surface area contributed by atoms with Crippen LogP contribution in [-0.4, -0.2) is 25.4 Å². The first-order valence-electron chi connectivity index (χ1n) is 8.52. The maximum absolute atomic E-state index is 12.9. The molecule has 5 rings (SSSR count). The van der Waals surface area contributed by atoms with Crippen LogP contribution in [0.2, 0.25) is 5.02 Å². The number of hydrogen-bond donors (Lipinski definition) is 1. The van der Waals surface area contributed by atoms with E-state index in [4.69, 9.17) is 16.0 Å². The molecule has 1 N–H and O–H groups in total. The highest BCUT2D eigenvalue weighted by Crippen LogP contribution is 2.27. The first kappa shape index (κ1) is 19.0. The van der Waals surface area contributed by atoms with Crippen LogP contribution in [0.3, 0.4) is 0 Å². The second-order valence-electron chi connectivity index (χ2n) is 6.34. The molecule has 0 radical (unpaired) electrons. The van der Waals surface area contributed by atoms with Gasteiger partial charge in [0.25, 0.3) is 5.56 Å². The van der Waals surface area contributed by atoms with Crippen molar-refractivity contribution in [2.75, 3.05) is 0 Å². The van der Waals surface area contributed by atoms with Crippen LogP contribution in [0.15, 0.2) is 56.3 Å². The molecule has 0 amide bonds. The number of halogens is 2. The van der Waals surface area contributed by atoms with Crippen molar-refractivity contribution >= 4 is 67.0 Å². The number of thiazole rings is 1. The zero-order chi connectivity index (χ0) is 21.0. The number of imidazole rings is 1. The minimum absolute atomic E-state index is 0.0107. The third kappa shape index (κ3) is 3.11. The number of nitrogens with zero attached hydrogens (tertiary/aromatic N) is 3. The van der Waals surface area contributed by atoms with Gasteiger partial charge in [-0.05, 0) is 52.3 Å². The Morgan fingerprint density at radius 2 is 2.10 bits per heavy atom. The maximum Gasteiger partial charge on any atom is 0.337 e. The third-order valence-electron chi connectivity index (χ3n) is 4.43. The van der Waals surface area contributed by atoms with E-state index in [0.717, 1.165) is 4.47 Å². The fourth-order valence-electron chi connectivity index (χ4n) is 3.07. The summed E-state index contributed by atoms with van der Waals surface area (Å²) in [4.78, 5) is 33.4. The second-order valence-corrected chi connectivity index (χ2v) is 8.68. The Morgan fingerprint density at radius 3 is 2.90 bits per heavy atom. The van der Waals surface area contributed by atoms with Crippen LogP contribution in [0.1, 0.15) is 16.1 Å². The highest BCUT2D eigenvalue weighted by molar-refractivity contribution is 9.10. The monoisotopic (exact) mass is 501 g/mol. The van der Waals surface area contributed by atoms with Crippen LogP contribution in [0.4, 0.5) is 0 Å². The number of carbonyl (C=O) groups is 1. The molecular weight excluding hydrogens is 494 g/mol. The van der Waals surface area contributed by atoms with Gasteiger partial charge in [0.05, 0.1) is 10.6 Å². The molecule has 0 saturated carbocycles. The molecule has 7 nitrogen and oxygen atoms in total. The van der Waals surface area contributed by atoms with Crippen molar-refractivity contribution in [2.24, 2.45) is 0 Å². The highest BCUT2D eigenvalue weighted by atomic mass is 79.9. The summed E-state index contributed by atoms with van der Waals surface area (Å²) in [6, 6.07) is 9.85. The van der Waals surface area contributed by atoms with Crippen LogP contribution < -0.4 is 10.1 Å². The summed E-state index contributed by atoms with van der Waals surface area (Å²) in [5.74, 6) is -0.199. The molecule has 0 aliphatic rings. The molecule has 0 bridgehead atoms. The van der Waals surface area contributed by atoms with E-state index in [1.807, 2.05) is 0 Å². The van der Waals surface area contributed by atoms with E-state index in [0.29, 0.717) is 37.7 Å². The number of aromatic nitrogens is 3. The number of pyridine rings is 1. The van der Waals surface area contributed by atoms with E-state index in [1.165, 1.54) is 27.9 Å². The third-order valence-corrected chi connectivity index (χ3v) is 6.16. The fourth-order valence-corrected chi connectivity index (χ4v) is 4.54. The fraction of sp³-hybridized carbons (Fsp3) is 0. The lowest BCUT2D eigenvalue weighted by molar-refractivity contribution is 0.0697. The average Bonchev–Trinajstić information content (AvgIpc) is 3.38. The van der Waals surface area contributed by atoms with E-state index in [1.54, 1.807) is 36.5 Å². The average molecular weight is 503 g/mol. The number of aromatic carboxylic acids is 1. The number of fused-ring (bicyclic) bond motifs is 3. The molecule has 0 unspecified atom stereocenters. The molecule has 5 aromatic rings. The van der Waals surface area contributed by atoms with E-state index in [9.17, 15) is 14.7 Å². The quantitative estimate of drug-likeness (QED) is 0.397. The number of carboxylic acid groups (broad SMARTS) is 1. The molecule has 0 aliphatic carbocycles. The smallest absolute Gasteiger partial charge is 0.337 e. The predicted molar refractivity (Wildman–Crippen MR) is 117 cm³/mol. The van der Waals surface area contributed by atoms with Crippen molar-refractivity contribution in [3.05, 3.63) is 78.3 Å². The Balaban J connectivity index is 1.58. The summed E-state index contributed by atoms with van der Waals surface area (Å²) < 4.78 is 8.52. The Kier molecular flexibility index (Phi) is 4.46.